The van der Waals surface area contributed by atoms with E-state index in [0.717, 1.165) is 65.4 Å². The number of aromatic nitrogens is 1. The summed E-state index contributed by atoms with van der Waals surface area (Å²) in [5.41, 5.74) is 4.88. The lowest BCUT2D eigenvalue weighted by molar-refractivity contribution is -0.125. The van der Waals surface area contributed by atoms with Crippen molar-refractivity contribution in [1.82, 2.24) is 10.3 Å². The van der Waals surface area contributed by atoms with Crippen LogP contribution in [0.5, 0.6) is 5.75 Å². The van der Waals surface area contributed by atoms with Gasteiger partial charge in [0.1, 0.15) is 5.75 Å². The Balaban J connectivity index is 1.39. The molecule has 1 saturated carbocycles. The van der Waals surface area contributed by atoms with E-state index in [1.165, 1.54) is 12.8 Å². The summed E-state index contributed by atoms with van der Waals surface area (Å²) in [7, 11) is 0. The van der Waals surface area contributed by atoms with E-state index in [2.05, 4.69) is 5.32 Å². The van der Waals surface area contributed by atoms with E-state index in [1.807, 2.05) is 42.5 Å². The molecule has 1 heterocycles. The largest absolute Gasteiger partial charge is 0.508 e. The summed E-state index contributed by atoms with van der Waals surface area (Å²) < 4.78 is 5.54. The third kappa shape index (κ3) is 5.21. The maximum atomic E-state index is 13.3. The van der Waals surface area contributed by atoms with Crippen LogP contribution in [0.3, 0.4) is 0 Å². The Labute approximate surface area is 205 Å². The molecule has 1 aromatic heterocycles. The highest BCUT2D eigenvalue weighted by atomic mass is 16.5. The lowest BCUT2D eigenvalue weighted by Crippen LogP contribution is -2.37. The molecule has 0 unspecified atom stereocenters. The molecule has 0 radical (unpaired) electrons. The Morgan fingerprint density at radius 1 is 1.00 bits per heavy atom. The smallest absolute Gasteiger partial charge is 0.339 e. The number of fused-ring (bicyclic) bond motifs is 2. The molecule has 0 atom stereocenters. The zero-order chi connectivity index (χ0) is 24.2. The van der Waals surface area contributed by atoms with Gasteiger partial charge in [-0.05, 0) is 66.7 Å². The second-order valence-corrected chi connectivity index (χ2v) is 9.42. The van der Waals surface area contributed by atoms with Crippen molar-refractivity contribution in [1.29, 1.82) is 0 Å². The molecule has 0 bridgehead atoms. The number of amides is 1. The number of phenols is 1. The van der Waals surface area contributed by atoms with Gasteiger partial charge < -0.3 is 15.2 Å². The molecule has 2 aliphatic rings. The van der Waals surface area contributed by atoms with Gasteiger partial charge in [-0.3, -0.25) is 4.79 Å². The monoisotopic (exact) mass is 470 g/mol. The lowest BCUT2D eigenvalue weighted by Gasteiger charge is -2.16. The SMILES string of the molecule is O=C(COC(=O)c1c2c(nc3ccccc13)/C(=C/c1ccc(O)cc1)CC2)NC1CCCCCC1. The maximum Gasteiger partial charge on any atom is 0.339 e. The molecule has 180 valence electrons. The van der Waals surface area contributed by atoms with E-state index in [9.17, 15) is 14.7 Å². The number of nitrogens with zero attached hydrogens (tertiary/aromatic N) is 1. The van der Waals surface area contributed by atoms with Crippen molar-refractivity contribution < 1.29 is 19.4 Å². The normalized spacial score (nSPS) is 17.2. The predicted molar refractivity (Wildman–Crippen MR) is 136 cm³/mol. The van der Waals surface area contributed by atoms with Crippen LogP contribution in [0.4, 0.5) is 0 Å². The summed E-state index contributed by atoms with van der Waals surface area (Å²) in [6.07, 6.45) is 10.1. The van der Waals surface area contributed by atoms with Gasteiger partial charge in [-0.15, -0.1) is 0 Å². The Hall–Kier alpha value is -3.67. The van der Waals surface area contributed by atoms with Gasteiger partial charge in [-0.2, -0.15) is 0 Å². The molecule has 2 aliphatic carbocycles. The number of ether oxygens (including phenoxy) is 1. The fourth-order valence-electron chi connectivity index (χ4n) is 5.18. The number of esters is 1. The van der Waals surface area contributed by atoms with Crippen molar-refractivity contribution in [3.8, 4) is 5.75 Å². The van der Waals surface area contributed by atoms with Crippen LogP contribution in [0.25, 0.3) is 22.6 Å². The number of para-hydroxylation sites is 1. The van der Waals surface area contributed by atoms with Gasteiger partial charge in [0.05, 0.1) is 16.8 Å². The number of rotatable bonds is 5. The molecule has 0 saturated heterocycles. The molecule has 35 heavy (non-hydrogen) atoms. The molecular formula is C29H30N2O4. The van der Waals surface area contributed by atoms with Gasteiger partial charge in [0.2, 0.25) is 0 Å². The average molecular weight is 471 g/mol. The highest BCUT2D eigenvalue weighted by Gasteiger charge is 2.28. The second kappa shape index (κ2) is 10.3. The lowest BCUT2D eigenvalue weighted by atomic mass is 10.0. The fraction of sp³-hybridized carbons (Fsp3) is 0.345. The molecular weight excluding hydrogens is 440 g/mol. The van der Waals surface area contributed by atoms with Crippen LogP contribution in [0, 0.1) is 0 Å². The van der Waals surface area contributed by atoms with Crippen LogP contribution < -0.4 is 5.32 Å². The molecule has 3 aromatic rings. The number of pyridine rings is 1. The van der Waals surface area contributed by atoms with Gasteiger partial charge in [-0.1, -0.05) is 56.0 Å². The van der Waals surface area contributed by atoms with Crippen LogP contribution in [-0.2, 0) is 16.0 Å². The zero-order valence-corrected chi connectivity index (χ0v) is 19.8. The topological polar surface area (TPSA) is 88.5 Å². The van der Waals surface area contributed by atoms with E-state index >= 15 is 0 Å². The van der Waals surface area contributed by atoms with Crippen LogP contribution in [0.15, 0.2) is 48.5 Å². The summed E-state index contributed by atoms with van der Waals surface area (Å²) in [4.78, 5) is 30.7. The third-order valence-electron chi connectivity index (χ3n) is 6.93. The van der Waals surface area contributed by atoms with Crippen molar-refractivity contribution in [3.05, 3.63) is 70.9 Å². The van der Waals surface area contributed by atoms with Crippen LogP contribution in [-0.4, -0.2) is 34.6 Å². The summed E-state index contributed by atoms with van der Waals surface area (Å²) in [5.74, 6) is -0.508. The van der Waals surface area contributed by atoms with Gasteiger partial charge >= 0.3 is 5.97 Å². The Kier molecular flexibility index (Phi) is 6.80. The number of hydrogen-bond acceptors (Lipinski definition) is 5. The number of carbonyl (C=O) groups excluding carboxylic acids is 2. The van der Waals surface area contributed by atoms with E-state index in [4.69, 9.17) is 9.72 Å². The van der Waals surface area contributed by atoms with E-state index in [-0.39, 0.29) is 24.3 Å². The number of allylic oxidation sites excluding steroid dienone is 1. The Morgan fingerprint density at radius 3 is 2.51 bits per heavy atom. The molecule has 0 spiro atoms. The second-order valence-electron chi connectivity index (χ2n) is 9.42. The number of phenolic OH excluding ortho intramolecular Hbond substituents is 1. The molecule has 6 heteroatoms. The zero-order valence-electron chi connectivity index (χ0n) is 19.8. The van der Waals surface area contributed by atoms with Crippen molar-refractivity contribution in [2.45, 2.75) is 57.4 Å². The first kappa shape index (κ1) is 23.1. The van der Waals surface area contributed by atoms with Crippen molar-refractivity contribution in [2.24, 2.45) is 0 Å². The molecule has 2 aromatic carbocycles. The van der Waals surface area contributed by atoms with Crippen LogP contribution in [0.1, 0.15) is 72.1 Å². The Morgan fingerprint density at radius 2 is 1.74 bits per heavy atom. The fourth-order valence-corrected chi connectivity index (χ4v) is 5.18. The standard InChI is InChI=1S/C29H30N2O4/c32-22-14-11-19(12-15-22)17-20-13-16-24-27(23-9-5-6-10-25(23)31-28(20)24)29(34)35-18-26(33)30-21-7-3-1-2-4-8-21/h5-6,9-12,14-15,17,21,32H,1-4,7-8,13,16,18H2,(H,30,33)/b20-17+. The molecule has 6 nitrogen and oxygen atoms in total. The molecule has 1 amide bonds. The molecule has 5 rings (SSSR count). The predicted octanol–water partition coefficient (Wildman–Crippen LogP) is 5.42. The van der Waals surface area contributed by atoms with Crippen LogP contribution >= 0.6 is 0 Å². The van der Waals surface area contributed by atoms with Gasteiger partial charge in [-0.25, -0.2) is 9.78 Å². The van der Waals surface area contributed by atoms with Crippen LogP contribution in [0.2, 0.25) is 0 Å². The minimum atomic E-state index is -0.484. The summed E-state index contributed by atoms with van der Waals surface area (Å²) in [6.45, 7) is -0.281. The highest BCUT2D eigenvalue weighted by molar-refractivity contribution is 6.07. The van der Waals surface area contributed by atoms with E-state index in [0.29, 0.717) is 12.0 Å². The molecule has 2 N–H and O–H groups in total. The van der Waals surface area contributed by atoms with E-state index in [1.54, 1.807) is 12.1 Å². The first-order valence-electron chi connectivity index (χ1n) is 12.5. The minimum Gasteiger partial charge on any atom is -0.508 e. The number of benzene rings is 2. The quantitative estimate of drug-likeness (QED) is 0.384. The number of carbonyl (C=O) groups is 2. The molecule has 1 fully saturated rings. The third-order valence-corrected chi connectivity index (χ3v) is 6.93. The van der Waals surface area contributed by atoms with Gasteiger partial charge in [0, 0.05) is 11.4 Å². The van der Waals surface area contributed by atoms with Gasteiger partial charge in [0.15, 0.2) is 6.61 Å². The van der Waals surface area contributed by atoms with Gasteiger partial charge in [0.25, 0.3) is 5.91 Å². The summed E-state index contributed by atoms with van der Waals surface area (Å²) >= 11 is 0. The van der Waals surface area contributed by atoms with Crippen molar-refractivity contribution in [3.63, 3.8) is 0 Å². The average Bonchev–Trinajstić information content (AvgIpc) is 3.07. The first-order valence-corrected chi connectivity index (χ1v) is 12.5. The summed E-state index contributed by atoms with van der Waals surface area (Å²) in [6, 6.07) is 14.7. The summed E-state index contributed by atoms with van der Waals surface area (Å²) in [5, 5.41) is 13.4. The highest BCUT2D eigenvalue weighted by Crippen LogP contribution is 2.38. The number of aromatic hydroxyl groups is 1. The maximum absolute atomic E-state index is 13.3. The Bertz CT molecular complexity index is 1270. The number of hydrogen-bond donors (Lipinski definition) is 2. The number of nitrogens with one attached hydrogen (secondary N) is 1. The first-order chi connectivity index (χ1) is 17.1. The van der Waals surface area contributed by atoms with Crippen molar-refractivity contribution in [2.75, 3.05) is 6.61 Å². The molecule has 0 aliphatic heterocycles. The minimum absolute atomic E-state index is 0.169. The van der Waals surface area contributed by atoms with Crippen molar-refractivity contribution >= 4 is 34.4 Å². The van der Waals surface area contributed by atoms with E-state index < -0.39 is 5.97 Å².